The molecule has 1 unspecified atom stereocenters. The molecular formula is C12H16BrNO3. The second-order valence-electron chi connectivity index (χ2n) is 3.83. The van der Waals surface area contributed by atoms with Crippen molar-refractivity contribution in [2.45, 2.75) is 12.5 Å². The number of hydrogen-bond donors (Lipinski definition) is 1. The first-order valence-corrected chi connectivity index (χ1v) is 6.35. The molecule has 1 saturated heterocycles. The van der Waals surface area contributed by atoms with Crippen molar-refractivity contribution in [2.75, 3.05) is 32.4 Å². The lowest BCUT2D eigenvalue weighted by atomic mass is 10.2. The Hall–Kier alpha value is -0.780. The molecule has 1 aliphatic heterocycles. The third-order valence-electron chi connectivity index (χ3n) is 2.65. The maximum atomic E-state index is 5.47. The summed E-state index contributed by atoms with van der Waals surface area (Å²) in [5.74, 6) is 0.834. The van der Waals surface area contributed by atoms with E-state index in [1.54, 1.807) is 7.11 Å². The fourth-order valence-corrected chi connectivity index (χ4v) is 2.07. The number of methoxy groups -OCH3 is 1. The molecule has 0 spiro atoms. The highest BCUT2D eigenvalue weighted by Crippen LogP contribution is 2.28. The van der Waals surface area contributed by atoms with Crippen LogP contribution in [0.4, 0.5) is 5.69 Å². The van der Waals surface area contributed by atoms with Crippen molar-refractivity contribution in [3.63, 3.8) is 0 Å². The third-order valence-corrected chi connectivity index (χ3v) is 3.15. The van der Waals surface area contributed by atoms with Gasteiger partial charge in [-0.2, -0.15) is 0 Å². The third kappa shape index (κ3) is 3.59. The molecule has 1 heterocycles. The molecule has 94 valence electrons. The lowest BCUT2D eigenvalue weighted by Gasteiger charge is -2.23. The van der Waals surface area contributed by atoms with Gasteiger partial charge in [0.25, 0.3) is 0 Å². The van der Waals surface area contributed by atoms with E-state index in [4.69, 9.17) is 14.2 Å². The summed E-state index contributed by atoms with van der Waals surface area (Å²) in [6.45, 7) is 1.92. The Bertz CT molecular complexity index is 367. The van der Waals surface area contributed by atoms with E-state index in [2.05, 4.69) is 21.2 Å². The SMILES string of the molecule is COc1ccc(Br)cc1NCC1CCOCO1. The fourth-order valence-electron chi connectivity index (χ4n) is 1.70. The first-order valence-electron chi connectivity index (χ1n) is 5.56. The van der Waals surface area contributed by atoms with Gasteiger partial charge in [-0.1, -0.05) is 15.9 Å². The molecule has 2 rings (SSSR count). The average molecular weight is 302 g/mol. The standard InChI is InChI=1S/C12H16BrNO3/c1-15-12-3-2-9(13)6-11(12)14-7-10-4-5-16-8-17-10/h2-3,6,10,14H,4-5,7-8H2,1H3. The molecule has 0 saturated carbocycles. The van der Waals surface area contributed by atoms with Gasteiger partial charge >= 0.3 is 0 Å². The minimum absolute atomic E-state index is 0.201. The van der Waals surface area contributed by atoms with Crippen LogP contribution in [0.25, 0.3) is 0 Å². The average Bonchev–Trinajstić information content (AvgIpc) is 2.38. The predicted octanol–water partition coefficient (Wildman–Crippen LogP) is 2.63. The van der Waals surface area contributed by atoms with Crippen molar-refractivity contribution < 1.29 is 14.2 Å². The molecule has 17 heavy (non-hydrogen) atoms. The second kappa shape index (κ2) is 6.23. The summed E-state index contributed by atoms with van der Waals surface area (Å²) in [7, 11) is 1.67. The zero-order valence-electron chi connectivity index (χ0n) is 9.74. The molecule has 0 bridgehead atoms. The lowest BCUT2D eigenvalue weighted by molar-refractivity contribution is -0.133. The Labute approximate surface area is 109 Å². The van der Waals surface area contributed by atoms with E-state index in [1.165, 1.54) is 0 Å². The van der Waals surface area contributed by atoms with Gasteiger partial charge in [0.15, 0.2) is 0 Å². The summed E-state index contributed by atoms with van der Waals surface area (Å²) in [6.07, 6.45) is 1.12. The first-order chi connectivity index (χ1) is 8.29. The van der Waals surface area contributed by atoms with Crippen molar-refractivity contribution in [3.8, 4) is 5.75 Å². The quantitative estimate of drug-likeness (QED) is 0.928. The van der Waals surface area contributed by atoms with Gasteiger partial charge in [0.05, 0.1) is 25.5 Å². The van der Waals surface area contributed by atoms with Crippen LogP contribution in [-0.4, -0.2) is 33.2 Å². The van der Waals surface area contributed by atoms with Gasteiger partial charge in [0, 0.05) is 11.0 Å². The zero-order chi connectivity index (χ0) is 12.1. The summed E-state index contributed by atoms with van der Waals surface area (Å²) in [4.78, 5) is 0. The Balaban J connectivity index is 1.95. The second-order valence-corrected chi connectivity index (χ2v) is 4.74. The molecule has 1 atom stereocenters. The van der Waals surface area contributed by atoms with E-state index < -0.39 is 0 Å². The smallest absolute Gasteiger partial charge is 0.147 e. The van der Waals surface area contributed by atoms with E-state index in [9.17, 15) is 0 Å². The zero-order valence-corrected chi connectivity index (χ0v) is 11.3. The van der Waals surface area contributed by atoms with Crippen LogP contribution in [0.1, 0.15) is 6.42 Å². The van der Waals surface area contributed by atoms with E-state index in [-0.39, 0.29) is 6.10 Å². The van der Waals surface area contributed by atoms with Crippen LogP contribution in [0.3, 0.4) is 0 Å². The number of nitrogens with one attached hydrogen (secondary N) is 1. The van der Waals surface area contributed by atoms with Crippen molar-refractivity contribution in [1.82, 2.24) is 0 Å². The highest BCUT2D eigenvalue weighted by molar-refractivity contribution is 9.10. The molecule has 1 aromatic rings. The highest BCUT2D eigenvalue weighted by Gasteiger charge is 2.14. The van der Waals surface area contributed by atoms with Crippen molar-refractivity contribution in [2.24, 2.45) is 0 Å². The lowest BCUT2D eigenvalue weighted by Crippen LogP contribution is -2.30. The molecule has 0 aromatic heterocycles. The van der Waals surface area contributed by atoms with Crippen LogP contribution < -0.4 is 10.1 Å². The largest absolute Gasteiger partial charge is 0.495 e. The minimum atomic E-state index is 0.201. The first kappa shape index (κ1) is 12.7. The Morgan fingerprint density at radius 2 is 2.41 bits per heavy atom. The molecule has 1 aliphatic rings. The fraction of sp³-hybridized carbons (Fsp3) is 0.500. The van der Waals surface area contributed by atoms with E-state index in [0.717, 1.165) is 35.5 Å². The van der Waals surface area contributed by atoms with Gasteiger partial charge in [0.2, 0.25) is 0 Å². The molecule has 0 aliphatic carbocycles. The Kier molecular flexibility index (Phi) is 4.65. The van der Waals surface area contributed by atoms with Crippen LogP contribution in [0.15, 0.2) is 22.7 Å². The highest BCUT2D eigenvalue weighted by atomic mass is 79.9. The molecule has 1 N–H and O–H groups in total. The van der Waals surface area contributed by atoms with Crippen LogP contribution in [-0.2, 0) is 9.47 Å². The van der Waals surface area contributed by atoms with Gasteiger partial charge < -0.3 is 19.5 Å². The molecule has 1 aromatic carbocycles. The number of ether oxygens (including phenoxy) is 3. The molecule has 5 heteroatoms. The van der Waals surface area contributed by atoms with Crippen molar-refractivity contribution in [3.05, 3.63) is 22.7 Å². The summed E-state index contributed by atoms with van der Waals surface area (Å²) >= 11 is 3.44. The van der Waals surface area contributed by atoms with Crippen LogP contribution in [0.5, 0.6) is 5.75 Å². The summed E-state index contributed by atoms with van der Waals surface area (Å²) in [5, 5.41) is 3.34. The molecule has 0 amide bonds. The van der Waals surface area contributed by atoms with Crippen LogP contribution in [0.2, 0.25) is 0 Å². The predicted molar refractivity (Wildman–Crippen MR) is 69.5 cm³/mol. The Morgan fingerprint density at radius 3 is 3.12 bits per heavy atom. The Morgan fingerprint density at radius 1 is 1.53 bits per heavy atom. The van der Waals surface area contributed by atoms with Gasteiger partial charge in [-0.05, 0) is 24.6 Å². The number of rotatable bonds is 4. The maximum Gasteiger partial charge on any atom is 0.147 e. The molecule has 0 radical (unpaired) electrons. The monoisotopic (exact) mass is 301 g/mol. The van der Waals surface area contributed by atoms with Gasteiger partial charge in [-0.15, -0.1) is 0 Å². The minimum Gasteiger partial charge on any atom is -0.495 e. The van der Waals surface area contributed by atoms with E-state index in [1.807, 2.05) is 18.2 Å². The van der Waals surface area contributed by atoms with Crippen molar-refractivity contribution >= 4 is 21.6 Å². The molecular weight excluding hydrogens is 286 g/mol. The summed E-state index contributed by atoms with van der Waals surface area (Å²) < 4.78 is 16.9. The summed E-state index contributed by atoms with van der Waals surface area (Å²) in [5.41, 5.74) is 0.969. The number of anilines is 1. The number of hydrogen-bond acceptors (Lipinski definition) is 4. The topological polar surface area (TPSA) is 39.7 Å². The van der Waals surface area contributed by atoms with E-state index >= 15 is 0 Å². The normalized spacial score (nSPS) is 20.0. The summed E-state index contributed by atoms with van der Waals surface area (Å²) in [6, 6.07) is 5.88. The molecule has 4 nitrogen and oxygen atoms in total. The van der Waals surface area contributed by atoms with Crippen LogP contribution in [0, 0.1) is 0 Å². The van der Waals surface area contributed by atoms with Gasteiger partial charge in [0.1, 0.15) is 12.5 Å². The van der Waals surface area contributed by atoms with Gasteiger partial charge in [-0.25, -0.2) is 0 Å². The number of benzene rings is 1. The molecule has 1 fully saturated rings. The van der Waals surface area contributed by atoms with E-state index in [0.29, 0.717) is 6.79 Å². The number of halogens is 1. The van der Waals surface area contributed by atoms with Gasteiger partial charge in [-0.3, -0.25) is 0 Å². The van der Waals surface area contributed by atoms with Crippen molar-refractivity contribution in [1.29, 1.82) is 0 Å². The van der Waals surface area contributed by atoms with Crippen LogP contribution >= 0.6 is 15.9 Å². The maximum absolute atomic E-state index is 5.47.